The molecule has 0 saturated carbocycles. The Morgan fingerprint density at radius 1 is 1.09 bits per heavy atom. The molecular weight excluding hydrogens is 270 g/mol. The summed E-state index contributed by atoms with van der Waals surface area (Å²) in [5.74, 6) is 0. The highest BCUT2D eigenvalue weighted by Gasteiger charge is 2.15. The molecule has 2 N–H and O–H groups in total. The van der Waals surface area contributed by atoms with Gasteiger partial charge in [-0.05, 0) is 63.0 Å². The summed E-state index contributed by atoms with van der Waals surface area (Å²) in [4.78, 5) is 2.63. The summed E-state index contributed by atoms with van der Waals surface area (Å²) in [7, 11) is 0. The second kappa shape index (κ2) is 6.84. The number of nitrogens with zero attached hydrogens (tertiary/aromatic N) is 2. The minimum absolute atomic E-state index is 0.490. The lowest BCUT2D eigenvalue weighted by Gasteiger charge is -2.19. The van der Waals surface area contributed by atoms with Gasteiger partial charge in [-0.1, -0.05) is 18.9 Å². The lowest BCUT2D eigenvalue weighted by Crippen LogP contribution is -2.23. The number of nitrogens with two attached hydrogens (primary N) is 1. The number of benzene rings is 1. The summed E-state index contributed by atoms with van der Waals surface area (Å²) in [6.07, 6.45) is 7.83. The van der Waals surface area contributed by atoms with Crippen LogP contribution in [0.4, 0.5) is 0 Å². The van der Waals surface area contributed by atoms with Crippen LogP contribution >= 0.6 is 0 Å². The number of aromatic nitrogens is 1. The molecule has 2 aromatic rings. The van der Waals surface area contributed by atoms with Gasteiger partial charge in [0.25, 0.3) is 0 Å². The minimum atomic E-state index is 0.490. The zero-order chi connectivity index (χ0) is 15.5. The first kappa shape index (κ1) is 15.6. The van der Waals surface area contributed by atoms with Crippen LogP contribution in [-0.2, 0) is 13.1 Å². The molecule has 1 aliphatic heterocycles. The summed E-state index contributed by atoms with van der Waals surface area (Å²) in [6, 6.07) is 7.19. The van der Waals surface area contributed by atoms with E-state index >= 15 is 0 Å². The normalized spacial score (nSPS) is 17.3. The van der Waals surface area contributed by atoms with Crippen LogP contribution in [0.2, 0.25) is 0 Å². The van der Waals surface area contributed by atoms with Crippen molar-refractivity contribution in [3.05, 3.63) is 35.5 Å². The maximum Gasteiger partial charge on any atom is 0.0486 e. The molecule has 1 fully saturated rings. The SMILES string of the molecule is CC(C)n1cc(CN2CCCCCC2)c2cc(CN)ccc21. The standard InChI is InChI=1S/C19H29N3/c1-15(2)22-14-17(13-21-9-5-3-4-6-10-21)18-11-16(12-20)7-8-19(18)22/h7-8,11,14-15H,3-6,9-10,12-13,20H2,1-2H3. The summed E-state index contributed by atoms with van der Waals surface area (Å²) in [6.45, 7) is 8.68. The largest absolute Gasteiger partial charge is 0.345 e. The summed E-state index contributed by atoms with van der Waals surface area (Å²) in [5.41, 5.74) is 9.88. The van der Waals surface area contributed by atoms with Gasteiger partial charge in [-0.2, -0.15) is 0 Å². The lowest BCUT2D eigenvalue weighted by molar-refractivity contribution is 0.277. The van der Waals surface area contributed by atoms with Crippen molar-refractivity contribution in [2.75, 3.05) is 13.1 Å². The molecule has 1 aliphatic rings. The van der Waals surface area contributed by atoms with Gasteiger partial charge < -0.3 is 10.3 Å². The number of hydrogen-bond acceptors (Lipinski definition) is 2. The second-order valence-corrected chi connectivity index (χ2v) is 6.90. The Kier molecular flexibility index (Phi) is 4.84. The van der Waals surface area contributed by atoms with Crippen molar-refractivity contribution in [2.45, 2.75) is 58.7 Å². The molecule has 1 saturated heterocycles. The smallest absolute Gasteiger partial charge is 0.0486 e. The van der Waals surface area contributed by atoms with E-state index in [0.717, 1.165) is 6.54 Å². The number of hydrogen-bond donors (Lipinski definition) is 1. The molecule has 0 atom stereocenters. The van der Waals surface area contributed by atoms with Crippen LogP contribution in [0.3, 0.4) is 0 Å². The number of likely N-dealkylation sites (tertiary alicyclic amines) is 1. The zero-order valence-corrected chi connectivity index (χ0v) is 14.0. The third-order valence-corrected chi connectivity index (χ3v) is 4.86. The second-order valence-electron chi connectivity index (χ2n) is 6.90. The number of rotatable bonds is 4. The Morgan fingerprint density at radius 3 is 2.45 bits per heavy atom. The number of fused-ring (bicyclic) bond motifs is 1. The minimum Gasteiger partial charge on any atom is -0.345 e. The Labute approximate surface area is 134 Å². The van der Waals surface area contributed by atoms with Crippen molar-refractivity contribution in [3.63, 3.8) is 0 Å². The van der Waals surface area contributed by atoms with Crippen LogP contribution < -0.4 is 5.73 Å². The van der Waals surface area contributed by atoms with Crippen molar-refractivity contribution in [3.8, 4) is 0 Å². The quantitative estimate of drug-likeness (QED) is 0.924. The van der Waals surface area contributed by atoms with E-state index < -0.39 is 0 Å². The van der Waals surface area contributed by atoms with Crippen molar-refractivity contribution in [1.29, 1.82) is 0 Å². The maximum atomic E-state index is 5.85. The van der Waals surface area contributed by atoms with Gasteiger partial charge in [0.1, 0.15) is 0 Å². The van der Waals surface area contributed by atoms with Crippen LogP contribution in [0.15, 0.2) is 24.4 Å². The van der Waals surface area contributed by atoms with Gasteiger partial charge in [0.2, 0.25) is 0 Å². The predicted octanol–water partition coefficient (Wildman–Crippen LogP) is 4.06. The highest BCUT2D eigenvalue weighted by atomic mass is 15.1. The van der Waals surface area contributed by atoms with Crippen molar-refractivity contribution in [2.24, 2.45) is 5.73 Å². The Bertz CT molecular complexity index is 619. The third kappa shape index (κ3) is 3.21. The fourth-order valence-corrected chi connectivity index (χ4v) is 3.59. The average Bonchev–Trinajstić information content (AvgIpc) is 2.69. The van der Waals surface area contributed by atoms with E-state index in [4.69, 9.17) is 5.73 Å². The molecule has 0 bridgehead atoms. The Balaban J connectivity index is 1.96. The van der Waals surface area contributed by atoms with E-state index in [9.17, 15) is 0 Å². The molecule has 0 radical (unpaired) electrons. The fraction of sp³-hybridized carbons (Fsp3) is 0.579. The van der Waals surface area contributed by atoms with Gasteiger partial charge in [0.15, 0.2) is 0 Å². The van der Waals surface area contributed by atoms with Gasteiger partial charge in [-0.3, -0.25) is 4.90 Å². The molecule has 0 spiro atoms. The summed E-state index contributed by atoms with van der Waals surface area (Å²) in [5, 5.41) is 1.39. The van der Waals surface area contributed by atoms with Crippen LogP contribution in [0, 0.1) is 0 Å². The molecular formula is C19H29N3. The monoisotopic (exact) mass is 299 g/mol. The predicted molar refractivity (Wildman–Crippen MR) is 94.0 cm³/mol. The molecule has 1 aromatic heterocycles. The van der Waals surface area contributed by atoms with Gasteiger partial charge in [0.05, 0.1) is 0 Å². The van der Waals surface area contributed by atoms with Crippen LogP contribution in [0.1, 0.15) is 56.7 Å². The molecule has 3 nitrogen and oxygen atoms in total. The van der Waals surface area contributed by atoms with Gasteiger partial charge in [-0.15, -0.1) is 0 Å². The molecule has 0 unspecified atom stereocenters. The first-order valence-electron chi connectivity index (χ1n) is 8.74. The van der Waals surface area contributed by atoms with E-state index in [-0.39, 0.29) is 0 Å². The molecule has 0 amide bonds. The van der Waals surface area contributed by atoms with E-state index in [2.05, 4.69) is 47.7 Å². The first-order chi connectivity index (χ1) is 10.7. The molecule has 22 heavy (non-hydrogen) atoms. The molecule has 1 aromatic carbocycles. The molecule has 3 heteroatoms. The molecule has 2 heterocycles. The van der Waals surface area contributed by atoms with E-state index in [1.165, 1.54) is 60.8 Å². The first-order valence-corrected chi connectivity index (χ1v) is 8.74. The van der Waals surface area contributed by atoms with Crippen molar-refractivity contribution < 1.29 is 0 Å². The maximum absolute atomic E-state index is 5.85. The average molecular weight is 299 g/mol. The topological polar surface area (TPSA) is 34.2 Å². The third-order valence-electron chi connectivity index (χ3n) is 4.86. The van der Waals surface area contributed by atoms with Gasteiger partial charge in [-0.25, -0.2) is 0 Å². The fourth-order valence-electron chi connectivity index (χ4n) is 3.59. The van der Waals surface area contributed by atoms with Crippen molar-refractivity contribution in [1.82, 2.24) is 9.47 Å². The highest BCUT2D eigenvalue weighted by molar-refractivity contribution is 5.85. The van der Waals surface area contributed by atoms with Crippen LogP contribution in [-0.4, -0.2) is 22.6 Å². The molecule has 120 valence electrons. The van der Waals surface area contributed by atoms with Crippen LogP contribution in [0.5, 0.6) is 0 Å². The van der Waals surface area contributed by atoms with E-state index in [1.807, 2.05) is 0 Å². The Hall–Kier alpha value is -1.32. The van der Waals surface area contributed by atoms with Crippen molar-refractivity contribution >= 4 is 10.9 Å². The zero-order valence-electron chi connectivity index (χ0n) is 14.0. The van der Waals surface area contributed by atoms with Crippen LogP contribution in [0.25, 0.3) is 10.9 Å². The van der Waals surface area contributed by atoms with Gasteiger partial charge in [0, 0.05) is 36.2 Å². The molecule has 0 aliphatic carbocycles. The van der Waals surface area contributed by atoms with E-state index in [1.54, 1.807) is 0 Å². The lowest BCUT2D eigenvalue weighted by atomic mass is 10.1. The van der Waals surface area contributed by atoms with Gasteiger partial charge >= 0.3 is 0 Å². The summed E-state index contributed by atoms with van der Waals surface area (Å²) >= 11 is 0. The van der Waals surface area contributed by atoms with E-state index in [0.29, 0.717) is 12.6 Å². The summed E-state index contributed by atoms with van der Waals surface area (Å²) < 4.78 is 2.41. The molecule has 3 rings (SSSR count). The Morgan fingerprint density at radius 2 is 1.82 bits per heavy atom. The highest BCUT2D eigenvalue weighted by Crippen LogP contribution is 2.27.